The van der Waals surface area contributed by atoms with Crippen LogP contribution in [0.15, 0.2) is 22.2 Å². The summed E-state index contributed by atoms with van der Waals surface area (Å²) in [5, 5.41) is 0.974. The number of aromatic nitrogens is 2. The molecule has 140 valence electrons. The van der Waals surface area contributed by atoms with E-state index < -0.39 is 5.60 Å². The second-order valence-electron chi connectivity index (χ2n) is 7.68. The highest BCUT2D eigenvalue weighted by Crippen LogP contribution is 2.51. The van der Waals surface area contributed by atoms with Gasteiger partial charge in [0.2, 0.25) is 0 Å². The van der Waals surface area contributed by atoms with Gasteiger partial charge in [-0.05, 0) is 55.6 Å². The van der Waals surface area contributed by atoms with Crippen LogP contribution in [0.2, 0.25) is 0 Å². The van der Waals surface area contributed by atoms with Crippen molar-refractivity contribution in [1.29, 1.82) is 0 Å². The molecule has 0 spiro atoms. The van der Waals surface area contributed by atoms with E-state index in [-0.39, 0.29) is 12.1 Å². The summed E-state index contributed by atoms with van der Waals surface area (Å²) in [6.07, 6.45) is 8.09. The third kappa shape index (κ3) is 3.73. The van der Waals surface area contributed by atoms with Gasteiger partial charge in [0.15, 0.2) is 0 Å². The maximum Gasteiger partial charge on any atom is 0.410 e. The first kappa shape index (κ1) is 18.5. The Hall–Kier alpha value is -0.860. The van der Waals surface area contributed by atoms with Crippen LogP contribution < -0.4 is 0 Å². The standard InChI is InChI=1S/C18H22BrN3O2S2/c1-18(2,3)24-17(23)22-6-4-5-11(22)16-20-9-10(21-16)12-7-13-14(25-12)8-15(19)26-13/h7-9,11,13-14H,4-6H2,1-3H3,(H,20,21)/t11-,13?,14?/m0/s1. The number of imidazole rings is 1. The predicted octanol–water partition coefficient (Wildman–Crippen LogP) is 5.29. The van der Waals surface area contributed by atoms with Crippen molar-refractivity contribution < 1.29 is 9.53 Å². The average Bonchev–Trinajstić information content (AvgIpc) is 3.27. The molecule has 1 amide bonds. The molecular formula is C18H22BrN3O2S2. The molecule has 8 heteroatoms. The van der Waals surface area contributed by atoms with Crippen LogP contribution in [-0.2, 0) is 4.74 Å². The fraction of sp³-hybridized carbons (Fsp3) is 0.556. The minimum absolute atomic E-state index is 0.0338. The molecule has 4 heterocycles. The maximum atomic E-state index is 12.5. The minimum Gasteiger partial charge on any atom is -0.444 e. The number of amides is 1. The summed E-state index contributed by atoms with van der Waals surface area (Å²) < 4.78 is 6.78. The van der Waals surface area contributed by atoms with E-state index in [9.17, 15) is 4.79 Å². The lowest BCUT2D eigenvalue weighted by Crippen LogP contribution is -2.36. The fourth-order valence-corrected chi connectivity index (χ4v) is 7.08. The van der Waals surface area contributed by atoms with Gasteiger partial charge >= 0.3 is 6.09 Å². The lowest BCUT2D eigenvalue weighted by atomic mass is 10.2. The number of nitrogens with one attached hydrogen (secondary N) is 1. The Bertz CT molecular complexity index is 784. The van der Waals surface area contributed by atoms with Crippen LogP contribution >= 0.6 is 39.5 Å². The zero-order valence-corrected chi connectivity index (χ0v) is 18.2. The number of nitrogens with zero attached hydrogens (tertiary/aromatic N) is 2. The van der Waals surface area contributed by atoms with Gasteiger partial charge in [-0.15, -0.1) is 23.5 Å². The Morgan fingerprint density at radius 1 is 1.35 bits per heavy atom. The van der Waals surface area contributed by atoms with Gasteiger partial charge in [0, 0.05) is 25.8 Å². The van der Waals surface area contributed by atoms with Gasteiger partial charge in [0.25, 0.3) is 0 Å². The summed E-state index contributed by atoms with van der Waals surface area (Å²) in [5.74, 6) is 0.853. The number of carbonyl (C=O) groups excluding carboxylic acids is 1. The molecule has 1 fully saturated rings. The van der Waals surface area contributed by atoms with Crippen LogP contribution in [0, 0.1) is 0 Å². The summed E-state index contributed by atoms with van der Waals surface area (Å²) in [7, 11) is 0. The fourth-order valence-electron chi connectivity index (χ4n) is 3.40. The van der Waals surface area contributed by atoms with Crippen molar-refractivity contribution in [3.63, 3.8) is 0 Å². The van der Waals surface area contributed by atoms with Crippen LogP contribution in [0.4, 0.5) is 4.79 Å². The van der Waals surface area contributed by atoms with Gasteiger partial charge in [-0.25, -0.2) is 9.78 Å². The van der Waals surface area contributed by atoms with Gasteiger partial charge in [-0.1, -0.05) is 6.08 Å². The van der Waals surface area contributed by atoms with Crippen molar-refractivity contribution in [2.45, 2.75) is 55.8 Å². The molecule has 4 rings (SSSR count). The molecule has 5 nitrogen and oxygen atoms in total. The Morgan fingerprint density at radius 3 is 2.85 bits per heavy atom. The quantitative estimate of drug-likeness (QED) is 0.656. The van der Waals surface area contributed by atoms with Crippen LogP contribution in [0.5, 0.6) is 0 Å². The number of hydrogen-bond donors (Lipinski definition) is 1. The predicted molar refractivity (Wildman–Crippen MR) is 111 cm³/mol. The third-order valence-electron chi connectivity index (χ3n) is 4.50. The lowest BCUT2D eigenvalue weighted by molar-refractivity contribution is 0.0218. The molecular weight excluding hydrogens is 434 g/mol. The topological polar surface area (TPSA) is 58.2 Å². The van der Waals surface area contributed by atoms with E-state index in [0.717, 1.165) is 24.4 Å². The number of carbonyl (C=O) groups is 1. The average molecular weight is 456 g/mol. The second-order valence-corrected chi connectivity index (χ2v) is 11.5. The first-order valence-corrected chi connectivity index (χ1v) is 11.3. The smallest absolute Gasteiger partial charge is 0.410 e. The maximum absolute atomic E-state index is 12.5. The highest BCUT2D eigenvalue weighted by Gasteiger charge is 2.36. The number of aromatic amines is 1. The summed E-state index contributed by atoms with van der Waals surface area (Å²) in [5.41, 5.74) is 0.557. The van der Waals surface area contributed by atoms with Crippen LogP contribution in [0.3, 0.4) is 0 Å². The molecule has 3 aliphatic rings. The van der Waals surface area contributed by atoms with Crippen LogP contribution in [-0.4, -0.2) is 43.6 Å². The van der Waals surface area contributed by atoms with E-state index in [1.165, 1.54) is 8.72 Å². The van der Waals surface area contributed by atoms with Crippen molar-refractivity contribution in [2.24, 2.45) is 0 Å². The molecule has 0 aliphatic carbocycles. The number of thioether (sulfide) groups is 2. The summed E-state index contributed by atoms with van der Waals surface area (Å²) >= 11 is 7.29. The number of likely N-dealkylation sites (tertiary alicyclic amines) is 1. The first-order valence-electron chi connectivity index (χ1n) is 8.77. The van der Waals surface area contributed by atoms with Crippen LogP contribution in [0.1, 0.15) is 51.2 Å². The number of H-pyrrole nitrogens is 1. The van der Waals surface area contributed by atoms with Gasteiger partial charge in [-0.3, -0.25) is 4.90 Å². The van der Waals surface area contributed by atoms with Crippen molar-refractivity contribution >= 4 is 50.5 Å². The molecule has 1 saturated heterocycles. The highest BCUT2D eigenvalue weighted by atomic mass is 79.9. The SMILES string of the molecule is CC(C)(C)OC(=O)N1CCC[C@H]1c1ncc(C2=CC3SC(Br)=CC3S2)[nH]1. The molecule has 1 aromatic heterocycles. The minimum atomic E-state index is -0.485. The van der Waals surface area contributed by atoms with Crippen molar-refractivity contribution in [1.82, 2.24) is 14.9 Å². The molecule has 0 radical (unpaired) electrons. The Labute approximate surface area is 170 Å². The van der Waals surface area contributed by atoms with Crippen molar-refractivity contribution in [2.75, 3.05) is 6.54 Å². The van der Waals surface area contributed by atoms with E-state index in [0.29, 0.717) is 17.0 Å². The number of ether oxygens (including phenoxy) is 1. The normalized spacial score (nSPS) is 28.2. The highest BCUT2D eigenvalue weighted by molar-refractivity contribution is 9.14. The van der Waals surface area contributed by atoms with E-state index in [1.54, 1.807) is 4.90 Å². The third-order valence-corrected chi connectivity index (χ3v) is 7.88. The molecule has 2 unspecified atom stereocenters. The lowest BCUT2D eigenvalue weighted by Gasteiger charge is -2.27. The molecule has 1 aromatic rings. The largest absolute Gasteiger partial charge is 0.444 e. The summed E-state index contributed by atoms with van der Waals surface area (Å²) in [6.45, 7) is 6.40. The molecule has 3 aliphatic heterocycles. The monoisotopic (exact) mass is 455 g/mol. The van der Waals surface area contributed by atoms with E-state index in [4.69, 9.17) is 4.74 Å². The number of hydrogen-bond acceptors (Lipinski definition) is 5. The Balaban J connectivity index is 1.48. The van der Waals surface area contributed by atoms with E-state index >= 15 is 0 Å². The van der Waals surface area contributed by atoms with Crippen LogP contribution in [0.25, 0.3) is 4.91 Å². The Kier molecular flexibility index (Phi) is 4.94. The summed E-state index contributed by atoms with van der Waals surface area (Å²) in [4.78, 5) is 23.6. The number of halogens is 1. The zero-order chi connectivity index (χ0) is 18.5. The Morgan fingerprint density at radius 2 is 2.12 bits per heavy atom. The number of fused-ring (bicyclic) bond motifs is 1. The second kappa shape index (κ2) is 6.95. The van der Waals surface area contributed by atoms with E-state index in [2.05, 4.69) is 38.0 Å². The van der Waals surface area contributed by atoms with Gasteiger partial charge < -0.3 is 9.72 Å². The zero-order valence-electron chi connectivity index (χ0n) is 15.0. The first-order chi connectivity index (χ1) is 12.3. The summed E-state index contributed by atoms with van der Waals surface area (Å²) in [6, 6.07) is -0.0338. The molecule has 1 N–H and O–H groups in total. The molecule has 0 aromatic carbocycles. The van der Waals surface area contributed by atoms with Gasteiger partial charge in [0.05, 0.1) is 17.9 Å². The number of rotatable bonds is 2. The van der Waals surface area contributed by atoms with Crippen molar-refractivity contribution in [3.05, 3.63) is 33.7 Å². The van der Waals surface area contributed by atoms with Gasteiger partial charge in [-0.2, -0.15) is 0 Å². The molecule has 3 atom stereocenters. The van der Waals surface area contributed by atoms with Crippen molar-refractivity contribution in [3.8, 4) is 0 Å². The molecule has 26 heavy (non-hydrogen) atoms. The van der Waals surface area contributed by atoms with Gasteiger partial charge in [0.1, 0.15) is 11.4 Å². The molecule has 0 saturated carbocycles. The van der Waals surface area contributed by atoms with E-state index in [1.807, 2.05) is 50.5 Å². The molecule has 0 bridgehead atoms.